The molecule has 0 aliphatic heterocycles. The zero-order chi connectivity index (χ0) is 19.6. The normalized spacial score (nSPS) is 10.2. The number of halogens is 1. The minimum absolute atomic E-state index is 0.146. The summed E-state index contributed by atoms with van der Waals surface area (Å²) in [5.41, 5.74) is 2.24. The van der Waals surface area contributed by atoms with E-state index in [1.165, 1.54) is 0 Å². The van der Waals surface area contributed by atoms with Crippen LogP contribution >= 0.6 is 22.6 Å². The minimum Gasteiger partial charge on any atom is -0.496 e. The van der Waals surface area contributed by atoms with Gasteiger partial charge >= 0.3 is 5.97 Å². The van der Waals surface area contributed by atoms with Crippen molar-refractivity contribution < 1.29 is 19.1 Å². The number of para-hydroxylation sites is 1. The number of carbonyl (C=O) groups excluding carboxylic acids is 2. The van der Waals surface area contributed by atoms with Crippen LogP contribution in [0.2, 0.25) is 0 Å². The van der Waals surface area contributed by atoms with Crippen molar-refractivity contribution >= 4 is 40.2 Å². The number of esters is 1. The van der Waals surface area contributed by atoms with Crippen LogP contribution in [0.4, 0.5) is 5.69 Å². The van der Waals surface area contributed by atoms with E-state index >= 15 is 0 Å². The van der Waals surface area contributed by atoms with Gasteiger partial charge in [-0.15, -0.1) is 0 Å². The van der Waals surface area contributed by atoms with Crippen molar-refractivity contribution in [3.05, 3.63) is 57.2 Å². The van der Waals surface area contributed by atoms with Gasteiger partial charge in [-0.1, -0.05) is 18.2 Å². The van der Waals surface area contributed by atoms with Crippen molar-refractivity contribution in [2.24, 2.45) is 0 Å². The fraction of sp³-hybridized carbons (Fsp3) is 0.300. The van der Waals surface area contributed by atoms with Crippen LogP contribution in [0.3, 0.4) is 0 Å². The number of carbonyl (C=O) groups is 2. The van der Waals surface area contributed by atoms with E-state index < -0.39 is 0 Å². The highest BCUT2D eigenvalue weighted by Gasteiger charge is 2.13. The number of benzene rings is 2. The third-order valence-electron chi connectivity index (χ3n) is 3.81. The van der Waals surface area contributed by atoms with Gasteiger partial charge in [-0.3, -0.25) is 9.59 Å². The molecule has 0 atom stereocenters. The van der Waals surface area contributed by atoms with Crippen molar-refractivity contribution in [1.82, 2.24) is 5.32 Å². The SMILES string of the molecule is CCOC(=O)CCNC(=O)c1cc(I)ccc1NCc1ccccc1OC. The Bertz CT molecular complexity index is 795. The van der Waals surface area contributed by atoms with Gasteiger partial charge in [0.1, 0.15) is 5.75 Å². The predicted molar refractivity (Wildman–Crippen MR) is 113 cm³/mol. The van der Waals surface area contributed by atoms with Crippen LogP contribution < -0.4 is 15.4 Å². The number of hydrogen-bond acceptors (Lipinski definition) is 5. The highest BCUT2D eigenvalue weighted by Crippen LogP contribution is 2.22. The number of nitrogens with one attached hydrogen (secondary N) is 2. The molecular weight excluding hydrogens is 459 g/mol. The summed E-state index contributed by atoms with van der Waals surface area (Å²) in [6.07, 6.45) is 0.146. The molecule has 2 rings (SSSR count). The van der Waals surface area contributed by atoms with Gasteiger partial charge in [-0.25, -0.2) is 0 Å². The van der Waals surface area contributed by atoms with E-state index in [9.17, 15) is 9.59 Å². The molecule has 0 spiro atoms. The smallest absolute Gasteiger partial charge is 0.307 e. The van der Waals surface area contributed by atoms with Crippen molar-refractivity contribution in [2.45, 2.75) is 19.9 Å². The van der Waals surface area contributed by atoms with Gasteiger partial charge in [0.2, 0.25) is 0 Å². The summed E-state index contributed by atoms with van der Waals surface area (Å²) in [5, 5.41) is 6.06. The van der Waals surface area contributed by atoms with E-state index in [2.05, 4.69) is 33.2 Å². The maximum Gasteiger partial charge on any atom is 0.307 e. The molecule has 0 fully saturated rings. The maximum atomic E-state index is 12.6. The highest BCUT2D eigenvalue weighted by atomic mass is 127. The molecular formula is C20H23IN2O4. The molecule has 0 saturated heterocycles. The van der Waals surface area contributed by atoms with Gasteiger partial charge in [0.05, 0.1) is 25.7 Å². The lowest BCUT2D eigenvalue weighted by molar-refractivity contribution is -0.142. The zero-order valence-electron chi connectivity index (χ0n) is 15.4. The standard InChI is InChI=1S/C20H23IN2O4/c1-3-27-19(24)10-11-22-20(25)16-12-15(21)8-9-17(16)23-13-14-6-4-5-7-18(14)26-2/h4-9,12,23H,3,10-11,13H2,1-2H3,(H,22,25). The third-order valence-corrected chi connectivity index (χ3v) is 4.48. The van der Waals surface area contributed by atoms with Crippen molar-refractivity contribution in [3.63, 3.8) is 0 Å². The molecule has 0 radical (unpaired) electrons. The van der Waals surface area contributed by atoms with Crippen LogP contribution in [0.5, 0.6) is 5.75 Å². The maximum absolute atomic E-state index is 12.6. The molecule has 2 aromatic rings. The average molecular weight is 482 g/mol. The molecule has 0 aromatic heterocycles. The van der Waals surface area contributed by atoms with E-state index in [1.807, 2.05) is 42.5 Å². The first-order chi connectivity index (χ1) is 13.0. The van der Waals surface area contributed by atoms with Gasteiger partial charge in [0.25, 0.3) is 5.91 Å². The number of ether oxygens (including phenoxy) is 2. The van der Waals surface area contributed by atoms with E-state index in [-0.39, 0.29) is 24.8 Å². The van der Waals surface area contributed by atoms with Crippen LogP contribution in [-0.2, 0) is 16.1 Å². The van der Waals surface area contributed by atoms with Crippen LogP contribution in [0.15, 0.2) is 42.5 Å². The van der Waals surface area contributed by atoms with E-state index in [4.69, 9.17) is 9.47 Å². The lowest BCUT2D eigenvalue weighted by atomic mass is 10.1. The predicted octanol–water partition coefficient (Wildman–Crippen LogP) is 3.59. The molecule has 2 aromatic carbocycles. The second kappa shape index (κ2) is 10.8. The Hall–Kier alpha value is -2.29. The van der Waals surface area contributed by atoms with Crippen LogP contribution in [0.1, 0.15) is 29.3 Å². The lowest BCUT2D eigenvalue weighted by Crippen LogP contribution is -2.27. The Morgan fingerprint density at radius 1 is 1.15 bits per heavy atom. The largest absolute Gasteiger partial charge is 0.496 e. The fourth-order valence-corrected chi connectivity index (χ4v) is 3.00. The molecule has 0 unspecified atom stereocenters. The Labute approximate surface area is 172 Å². The van der Waals surface area contributed by atoms with Crippen molar-refractivity contribution in [1.29, 1.82) is 0 Å². The topological polar surface area (TPSA) is 76.7 Å². The summed E-state index contributed by atoms with van der Waals surface area (Å²) in [4.78, 5) is 24.0. The molecule has 0 aliphatic rings. The number of methoxy groups -OCH3 is 1. The van der Waals surface area contributed by atoms with Crippen molar-refractivity contribution in [3.8, 4) is 5.75 Å². The second-order valence-electron chi connectivity index (χ2n) is 5.67. The monoisotopic (exact) mass is 482 g/mol. The molecule has 0 saturated carbocycles. The first-order valence-corrected chi connectivity index (χ1v) is 9.72. The molecule has 6 nitrogen and oxygen atoms in total. The lowest BCUT2D eigenvalue weighted by Gasteiger charge is -2.14. The Morgan fingerprint density at radius 2 is 1.93 bits per heavy atom. The van der Waals surface area contributed by atoms with Gasteiger partial charge in [0, 0.05) is 27.9 Å². The summed E-state index contributed by atoms with van der Waals surface area (Å²) in [6.45, 7) is 2.84. The van der Waals surface area contributed by atoms with Gasteiger partial charge in [-0.2, -0.15) is 0 Å². The van der Waals surface area contributed by atoms with Crippen LogP contribution in [-0.4, -0.2) is 32.1 Å². The fourth-order valence-electron chi connectivity index (χ4n) is 2.50. The molecule has 7 heteroatoms. The van der Waals surface area contributed by atoms with Gasteiger partial charge < -0.3 is 20.1 Å². The van der Waals surface area contributed by atoms with Crippen molar-refractivity contribution in [2.75, 3.05) is 25.6 Å². The Morgan fingerprint density at radius 3 is 2.67 bits per heavy atom. The molecule has 27 heavy (non-hydrogen) atoms. The Kier molecular flexibility index (Phi) is 8.38. The van der Waals surface area contributed by atoms with E-state index in [1.54, 1.807) is 14.0 Å². The van der Waals surface area contributed by atoms with E-state index in [0.29, 0.717) is 18.7 Å². The molecule has 0 aliphatic carbocycles. The number of anilines is 1. The third kappa shape index (κ3) is 6.42. The quantitative estimate of drug-likeness (QED) is 0.422. The minimum atomic E-state index is -0.324. The first-order valence-electron chi connectivity index (χ1n) is 8.64. The highest BCUT2D eigenvalue weighted by molar-refractivity contribution is 14.1. The number of amides is 1. The summed E-state index contributed by atoms with van der Waals surface area (Å²) in [7, 11) is 1.63. The van der Waals surface area contributed by atoms with Crippen LogP contribution in [0.25, 0.3) is 0 Å². The van der Waals surface area contributed by atoms with E-state index in [0.717, 1.165) is 20.6 Å². The number of rotatable bonds is 9. The molecule has 0 heterocycles. The summed E-state index contributed by atoms with van der Waals surface area (Å²) in [6, 6.07) is 13.3. The zero-order valence-corrected chi connectivity index (χ0v) is 17.5. The van der Waals surface area contributed by atoms with Crippen LogP contribution in [0, 0.1) is 3.57 Å². The summed E-state index contributed by atoms with van der Waals surface area (Å²) in [5.74, 6) is 0.228. The molecule has 144 valence electrons. The molecule has 2 N–H and O–H groups in total. The summed E-state index contributed by atoms with van der Waals surface area (Å²) < 4.78 is 11.2. The second-order valence-corrected chi connectivity index (χ2v) is 6.91. The first kappa shape index (κ1) is 21.0. The molecule has 1 amide bonds. The summed E-state index contributed by atoms with van der Waals surface area (Å²) >= 11 is 2.16. The Balaban J connectivity index is 2.05. The van der Waals surface area contributed by atoms with Gasteiger partial charge in [-0.05, 0) is 53.8 Å². The average Bonchev–Trinajstić information content (AvgIpc) is 2.67. The number of hydrogen-bond donors (Lipinski definition) is 2. The van der Waals surface area contributed by atoms with Gasteiger partial charge in [0.15, 0.2) is 0 Å². The molecule has 0 bridgehead atoms.